The highest BCUT2D eigenvalue weighted by molar-refractivity contribution is 5.34. The molecule has 1 fully saturated rings. The van der Waals surface area contributed by atoms with E-state index in [1.807, 2.05) is 54.6 Å². The highest BCUT2D eigenvalue weighted by atomic mass is 16.5. The van der Waals surface area contributed by atoms with Crippen LogP contribution in [0.15, 0.2) is 54.6 Å². The third kappa shape index (κ3) is 3.63. The molecule has 1 aliphatic heterocycles. The van der Waals surface area contributed by atoms with E-state index in [2.05, 4.69) is 0 Å². The summed E-state index contributed by atoms with van der Waals surface area (Å²) in [6, 6.07) is 17.3. The van der Waals surface area contributed by atoms with Gasteiger partial charge in [-0.25, -0.2) is 0 Å². The fourth-order valence-corrected chi connectivity index (χ4v) is 2.67. The third-order valence-electron chi connectivity index (χ3n) is 3.82. The van der Waals surface area contributed by atoms with Crippen LogP contribution in [-0.2, 0) is 4.74 Å². The number of hydrogen-bond acceptors (Lipinski definition) is 3. The van der Waals surface area contributed by atoms with E-state index in [4.69, 9.17) is 9.47 Å². The zero-order valence-electron chi connectivity index (χ0n) is 11.9. The topological polar surface area (TPSA) is 38.7 Å². The molecule has 0 bridgehead atoms. The van der Waals surface area contributed by atoms with Crippen LogP contribution in [0.3, 0.4) is 0 Å². The molecule has 0 amide bonds. The first-order chi connectivity index (χ1) is 10.3. The molecular formula is C18H20O3. The molecule has 110 valence electrons. The predicted molar refractivity (Wildman–Crippen MR) is 81.5 cm³/mol. The van der Waals surface area contributed by atoms with Gasteiger partial charge in [0.25, 0.3) is 0 Å². The molecule has 0 spiro atoms. The van der Waals surface area contributed by atoms with E-state index in [0.717, 1.165) is 36.5 Å². The highest BCUT2D eigenvalue weighted by Gasteiger charge is 2.23. The molecule has 3 heteroatoms. The standard InChI is InChI=1S/C18H20O3/c19-18(15-7-5-11-20-13-15)14-6-4-10-17(12-14)21-16-8-2-1-3-9-16/h1-4,6,8-10,12,15,18-19H,5,7,11,13H2. The predicted octanol–water partition coefficient (Wildman–Crippen LogP) is 3.94. The van der Waals surface area contributed by atoms with Crippen LogP contribution in [0.1, 0.15) is 24.5 Å². The summed E-state index contributed by atoms with van der Waals surface area (Å²) < 4.78 is 11.3. The molecule has 3 rings (SSSR count). The zero-order chi connectivity index (χ0) is 14.5. The van der Waals surface area contributed by atoms with Gasteiger partial charge in [-0.3, -0.25) is 0 Å². The van der Waals surface area contributed by atoms with Gasteiger partial charge < -0.3 is 14.6 Å². The molecule has 2 aromatic carbocycles. The van der Waals surface area contributed by atoms with Crippen molar-refractivity contribution in [2.24, 2.45) is 5.92 Å². The van der Waals surface area contributed by atoms with Crippen LogP contribution in [0.4, 0.5) is 0 Å². The molecule has 0 saturated carbocycles. The monoisotopic (exact) mass is 284 g/mol. The minimum Gasteiger partial charge on any atom is -0.457 e. The summed E-state index contributed by atoms with van der Waals surface area (Å²) in [6.45, 7) is 1.44. The smallest absolute Gasteiger partial charge is 0.127 e. The molecule has 0 radical (unpaired) electrons. The van der Waals surface area contributed by atoms with E-state index in [1.54, 1.807) is 0 Å². The van der Waals surface area contributed by atoms with Crippen LogP contribution in [0, 0.1) is 5.92 Å². The summed E-state index contributed by atoms with van der Waals surface area (Å²) >= 11 is 0. The van der Waals surface area contributed by atoms with Crippen molar-refractivity contribution in [3.63, 3.8) is 0 Å². The Balaban J connectivity index is 1.73. The Bertz CT molecular complexity index is 562. The minimum absolute atomic E-state index is 0.172. The molecule has 21 heavy (non-hydrogen) atoms. The van der Waals surface area contributed by atoms with E-state index < -0.39 is 6.10 Å². The average molecular weight is 284 g/mol. The summed E-state index contributed by atoms with van der Waals surface area (Å²) in [6.07, 6.45) is 1.52. The molecule has 2 atom stereocenters. The largest absolute Gasteiger partial charge is 0.457 e. The van der Waals surface area contributed by atoms with Gasteiger partial charge in [-0.1, -0.05) is 30.3 Å². The lowest BCUT2D eigenvalue weighted by molar-refractivity contribution is -0.0100. The second-order valence-electron chi connectivity index (χ2n) is 5.41. The number of rotatable bonds is 4. The molecule has 1 aliphatic rings. The van der Waals surface area contributed by atoms with Crippen LogP contribution in [0.5, 0.6) is 11.5 Å². The van der Waals surface area contributed by atoms with Gasteiger partial charge in [0.2, 0.25) is 0 Å². The SMILES string of the molecule is OC(c1cccc(Oc2ccccc2)c1)C1CCCOC1. The fourth-order valence-electron chi connectivity index (χ4n) is 2.67. The Hall–Kier alpha value is -1.84. The van der Waals surface area contributed by atoms with Crippen LogP contribution in [0.2, 0.25) is 0 Å². The first-order valence-electron chi connectivity index (χ1n) is 7.41. The van der Waals surface area contributed by atoms with E-state index >= 15 is 0 Å². The average Bonchev–Trinajstić information content (AvgIpc) is 2.56. The Labute approximate surface area is 125 Å². The maximum atomic E-state index is 10.5. The fraction of sp³-hybridized carbons (Fsp3) is 0.333. The normalized spacial score (nSPS) is 20.0. The number of benzene rings is 2. The Morgan fingerprint density at radius 3 is 2.62 bits per heavy atom. The summed E-state index contributed by atoms with van der Waals surface area (Å²) in [5.41, 5.74) is 0.888. The lowest BCUT2D eigenvalue weighted by atomic mass is 9.91. The van der Waals surface area contributed by atoms with Crippen molar-refractivity contribution in [1.29, 1.82) is 0 Å². The van der Waals surface area contributed by atoms with Gasteiger partial charge in [-0.15, -0.1) is 0 Å². The number of ether oxygens (including phenoxy) is 2. The van der Waals surface area contributed by atoms with Gasteiger partial charge in [-0.2, -0.15) is 0 Å². The molecular weight excluding hydrogens is 264 g/mol. The number of para-hydroxylation sites is 1. The van der Waals surface area contributed by atoms with E-state index in [1.165, 1.54) is 0 Å². The lowest BCUT2D eigenvalue weighted by Gasteiger charge is -2.27. The molecule has 3 nitrogen and oxygen atoms in total. The van der Waals surface area contributed by atoms with Crippen LogP contribution < -0.4 is 4.74 Å². The van der Waals surface area contributed by atoms with Crippen molar-refractivity contribution >= 4 is 0 Å². The summed E-state index contributed by atoms with van der Waals surface area (Å²) in [4.78, 5) is 0. The molecule has 1 heterocycles. The summed E-state index contributed by atoms with van der Waals surface area (Å²) in [5.74, 6) is 1.71. The number of aliphatic hydroxyl groups is 1. The maximum Gasteiger partial charge on any atom is 0.127 e. The first-order valence-corrected chi connectivity index (χ1v) is 7.41. The van der Waals surface area contributed by atoms with Crippen molar-refractivity contribution in [2.75, 3.05) is 13.2 Å². The van der Waals surface area contributed by atoms with Crippen LogP contribution >= 0.6 is 0 Å². The van der Waals surface area contributed by atoms with Crippen LogP contribution in [0.25, 0.3) is 0 Å². The van der Waals surface area contributed by atoms with Crippen LogP contribution in [-0.4, -0.2) is 18.3 Å². The van der Waals surface area contributed by atoms with E-state index in [0.29, 0.717) is 6.61 Å². The zero-order valence-corrected chi connectivity index (χ0v) is 11.9. The lowest BCUT2D eigenvalue weighted by Crippen LogP contribution is -2.23. The van der Waals surface area contributed by atoms with Gasteiger partial charge in [0.1, 0.15) is 11.5 Å². The van der Waals surface area contributed by atoms with E-state index in [9.17, 15) is 5.11 Å². The molecule has 1 saturated heterocycles. The summed E-state index contributed by atoms with van der Waals surface area (Å²) in [7, 11) is 0. The van der Waals surface area contributed by atoms with Gasteiger partial charge in [0, 0.05) is 12.5 Å². The van der Waals surface area contributed by atoms with Gasteiger partial charge >= 0.3 is 0 Å². The van der Waals surface area contributed by atoms with Gasteiger partial charge in [0.05, 0.1) is 12.7 Å². The van der Waals surface area contributed by atoms with Gasteiger partial charge in [-0.05, 0) is 42.7 Å². The molecule has 0 aliphatic carbocycles. The van der Waals surface area contributed by atoms with Gasteiger partial charge in [0.15, 0.2) is 0 Å². The van der Waals surface area contributed by atoms with Crippen molar-refractivity contribution in [1.82, 2.24) is 0 Å². The number of aliphatic hydroxyl groups excluding tert-OH is 1. The molecule has 2 aromatic rings. The molecule has 2 unspecified atom stereocenters. The Morgan fingerprint density at radius 2 is 1.86 bits per heavy atom. The minimum atomic E-state index is -0.496. The quantitative estimate of drug-likeness (QED) is 0.924. The van der Waals surface area contributed by atoms with Crippen molar-refractivity contribution in [3.05, 3.63) is 60.2 Å². The maximum absolute atomic E-state index is 10.5. The van der Waals surface area contributed by atoms with E-state index in [-0.39, 0.29) is 5.92 Å². The molecule has 1 N–H and O–H groups in total. The number of hydrogen-bond donors (Lipinski definition) is 1. The Kier molecular flexibility index (Phi) is 4.53. The Morgan fingerprint density at radius 1 is 1.05 bits per heavy atom. The van der Waals surface area contributed by atoms with Crippen molar-refractivity contribution in [2.45, 2.75) is 18.9 Å². The summed E-state index contributed by atoms with van der Waals surface area (Å²) in [5, 5.41) is 10.5. The van der Waals surface area contributed by atoms with Crippen molar-refractivity contribution in [3.8, 4) is 11.5 Å². The second-order valence-corrected chi connectivity index (χ2v) is 5.41. The molecule has 0 aromatic heterocycles. The highest BCUT2D eigenvalue weighted by Crippen LogP contribution is 2.31. The first kappa shape index (κ1) is 14.1. The third-order valence-corrected chi connectivity index (χ3v) is 3.82. The van der Waals surface area contributed by atoms with Crippen molar-refractivity contribution < 1.29 is 14.6 Å². The second kappa shape index (κ2) is 6.74.